The van der Waals surface area contributed by atoms with Gasteiger partial charge in [-0.05, 0) is 60.9 Å². The van der Waals surface area contributed by atoms with Gasteiger partial charge in [0, 0.05) is 24.7 Å². The summed E-state index contributed by atoms with van der Waals surface area (Å²) in [5, 5.41) is 14.2. The van der Waals surface area contributed by atoms with Gasteiger partial charge in [-0.25, -0.2) is 4.68 Å². The first-order valence-electron chi connectivity index (χ1n) is 8.48. The van der Waals surface area contributed by atoms with Crippen molar-refractivity contribution in [2.45, 2.75) is 32.7 Å². The van der Waals surface area contributed by atoms with Crippen LogP contribution in [-0.4, -0.2) is 56.7 Å². The topological polar surface area (TPSA) is 75.9 Å². The number of piperidine rings is 1. The minimum Gasteiger partial charge on any atom is -0.348 e. The Balaban J connectivity index is 1.59. The number of carbonyl (C=O) groups is 1. The molecule has 0 aliphatic carbocycles. The van der Waals surface area contributed by atoms with Gasteiger partial charge >= 0.3 is 0 Å². The van der Waals surface area contributed by atoms with Crippen molar-refractivity contribution >= 4 is 5.91 Å². The largest absolute Gasteiger partial charge is 0.348 e. The Morgan fingerprint density at radius 1 is 1.46 bits per heavy atom. The van der Waals surface area contributed by atoms with Gasteiger partial charge in [-0.1, -0.05) is 13.0 Å². The minimum absolute atomic E-state index is 0.0671. The number of nitrogens with zero attached hydrogens (tertiary/aromatic N) is 5. The zero-order chi connectivity index (χ0) is 16.9. The molecule has 1 aromatic heterocycles. The fourth-order valence-corrected chi connectivity index (χ4v) is 3.26. The second-order valence-electron chi connectivity index (χ2n) is 6.69. The summed E-state index contributed by atoms with van der Waals surface area (Å²) in [6.45, 7) is 7.49. The summed E-state index contributed by atoms with van der Waals surface area (Å²) in [7, 11) is 0. The van der Waals surface area contributed by atoms with Crippen molar-refractivity contribution in [2.24, 2.45) is 5.92 Å². The van der Waals surface area contributed by atoms with Crippen LogP contribution in [0, 0.1) is 5.92 Å². The highest BCUT2D eigenvalue weighted by Gasteiger charge is 2.19. The molecule has 24 heavy (non-hydrogen) atoms. The predicted molar refractivity (Wildman–Crippen MR) is 90.9 cm³/mol. The molecule has 2 aromatic rings. The quantitative estimate of drug-likeness (QED) is 0.900. The van der Waals surface area contributed by atoms with Crippen molar-refractivity contribution in [3.05, 3.63) is 36.2 Å². The average molecular weight is 328 g/mol. The lowest BCUT2D eigenvalue weighted by atomic mass is 10.00. The van der Waals surface area contributed by atoms with Crippen LogP contribution in [0.15, 0.2) is 30.6 Å². The van der Waals surface area contributed by atoms with Gasteiger partial charge in [0.1, 0.15) is 6.33 Å². The maximum Gasteiger partial charge on any atom is 0.251 e. The van der Waals surface area contributed by atoms with Gasteiger partial charge in [-0.15, -0.1) is 5.10 Å². The van der Waals surface area contributed by atoms with E-state index in [0.29, 0.717) is 5.56 Å². The van der Waals surface area contributed by atoms with Gasteiger partial charge < -0.3 is 10.2 Å². The van der Waals surface area contributed by atoms with Crippen LogP contribution in [0.2, 0.25) is 0 Å². The second kappa shape index (κ2) is 7.53. The molecule has 1 aliphatic heterocycles. The standard InChI is InChI=1S/C17H24N6O/c1-13-5-4-8-22(10-13)11-14(2)19-17(24)15-6-3-7-16(9-15)23-12-18-20-21-23/h3,6-7,9,12-14H,4-5,8,10-11H2,1-2H3,(H,19,24). The molecule has 1 aliphatic rings. The molecule has 3 rings (SSSR count). The van der Waals surface area contributed by atoms with Crippen LogP contribution >= 0.6 is 0 Å². The van der Waals surface area contributed by atoms with Crippen LogP contribution < -0.4 is 5.32 Å². The lowest BCUT2D eigenvalue weighted by Crippen LogP contribution is -2.45. The summed E-state index contributed by atoms with van der Waals surface area (Å²) < 4.78 is 1.54. The molecule has 2 atom stereocenters. The fraction of sp³-hybridized carbons (Fsp3) is 0.529. The highest BCUT2D eigenvalue weighted by Crippen LogP contribution is 2.15. The number of rotatable bonds is 5. The number of aromatic nitrogens is 4. The molecule has 1 aromatic carbocycles. The van der Waals surface area contributed by atoms with E-state index in [1.165, 1.54) is 23.9 Å². The smallest absolute Gasteiger partial charge is 0.251 e. The minimum atomic E-state index is -0.0671. The molecule has 1 amide bonds. The summed E-state index contributed by atoms with van der Waals surface area (Å²) in [4.78, 5) is 14.9. The summed E-state index contributed by atoms with van der Waals surface area (Å²) >= 11 is 0. The molecule has 0 spiro atoms. The number of hydrogen-bond acceptors (Lipinski definition) is 5. The third kappa shape index (κ3) is 4.17. The first-order valence-corrected chi connectivity index (χ1v) is 8.48. The highest BCUT2D eigenvalue weighted by molar-refractivity contribution is 5.94. The number of hydrogen-bond donors (Lipinski definition) is 1. The van der Waals surface area contributed by atoms with Gasteiger partial charge in [-0.2, -0.15) is 0 Å². The van der Waals surface area contributed by atoms with Gasteiger partial charge in [0.25, 0.3) is 5.91 Å². The normalized spacial score (nSPS) is 19.8. The molecular formula is C17H24N6O. The second-order valence-corrected chi connectivity index (χ2v) is 6.69. The molecule has 1 saturated heterocycles. The number of nitrogens with one attached hydrogen (secondary N) is 1. The van der Waals surface area contributed by atoms with E-state index in [9.17, 15) is 4.79 Å². The van der Waals surface area contributed by atoms with E-state index in [2.05, 4.69) is 39.6 Å². The molecule has 0 saturated carbocycles. The molecule has 2 unspecified atom stereocenters. The summed E-state index contributed by atoms with van der Waals surface area (Å²) in [6.07, 6.45) is 4.06. The van der Waals surface area contributed by atoms with Crippen molar-refractivity contribution in [2.75, 3.05) is 19.6 Å². The Morgan fingerprint density at radius 2 is 2.33 bits per heavy atom. The molecule has 2 heterocycles. The van der Waals surface area contributed by atoms with E-state index in [4.69, 9.17) is 0 Å². The first kappa shape index (κ1) is 16.6. The van der Waals surface area contributed by atoms with Crippen molar-refractivity contribution in [3.63, 3.8) is 0 Å². The summed E-state index contributed by atoms with van der Waals surface area (Å²) in [6, 6.07) is 7.41. The molecule has 128 valence electrons. The lowest BCUT2D eigenvalue weighted by Gasteiger charge is -2.32. The number of carbonyl (C=O) groups excluding carboxylic acids is 1. The fourth-order valence-electron chi connectivity index (χ4n) is 3.26. The van der Waals surface area contributed by atoms with Crippen molar-refractivity contribution < 1.29 is 4.79 Å². The molecule has 1 fully saturated rings. The Kier molecular flexibility index (Phi) is 5.20. The van der Waals surface area contributed by atoms with Gasteiger partial charge in [0.15, 0.2) is 0 Å². The molecule has 0 bridgehead atoms. The molecular weight excluding hydrogens is 304 g/mol. The molecule has 1 N–H and O–H groups in total. The zero-order valence-electron chi connectivity index (χ0n) is 14.2. The first-order chi connectivity index (χ1) is 11.6. The van der Waals surface area contributed by atoms with Crippen LogP contribution in [-0.2, 0) is 0 Å². The highest BCUT2D eigenvalue weighted by atomic mass is 16.1. The molecule has 7 nitrogen and oxygen atoms in total. The van der Waals surface area contributed by atoms with E-state index < -0.39 is 0 Å². The lowest BCUT2D eigenvalue weighted by molar-refractivity contribution is 0.0920. The zero-order valence-corrected chi connectivity index (χ0v) is 14.2. The Bertz CT molecular complexity index is 671. The van der Waals surface area contributed by atoms with E-state index in [1.807, 2.05) is 12.1 Å². The molecule has 7 heteroatoms. The number of amides is 1. The van der Waals surface area contributed by atoms with Gasteiger partial charge in [0.05, 0.1) is 5.69 Å². The average Bonchev–Trinajstić information content (AvgIpc) is 3.09. The number of tetrazole rings is 1. The van der Waals surface area contributed by atoms with Crippen LogP contribution in [0.1, 0.15) is 37.0 Å². The predicted octanol–water partition coefficient (Wildman–Crippen LogP) is 1.51. The van der Waals surface area contributed by atoms with Crippen molar-refractivity contribution in [3.8, 4) is 5.69 Å². The Morgan fingerprint density at radius 3 is 3.08 bits per heavy atom. The number of benzene rings is 1. The van der Waals surface area contributed by atoms with Crippen LogP contribution in [0.5, 0.6) is 0 Å². The van der Waals surface area contributed by atoms with Crippen LogP contribution in [0.3, 0.4) is 0 Å². The number of likely N-dealkylation sites (tertiary alicyclic amines) is 1. The van der Waals surface area contributed by atoms with E-state index in [0.717, 1.165) is 31.2 Å². The third-order valence-electron chi connectivity index (χ3n) is 4.37. The third-order valence-corrected chi connectivity index (χ3v) is 4.37. The monoisotopic (exact) mass is 328 g/mol. The van der Waals surface area contributed by atoms with Gasteiger partial charge in [-0.3, -0.25) is 4.79 Å². The maximum atomic E-state index is 12.5. The van der Waals surface area contributed by atoms with Crippen molar-refractivity contribution in [1.29, 1.82) is 0 Å². The van der Waals surface area contributed by atoms with Crippen molar-refractivity contribution in [1.82, 2.24) is 30.4 Å². The van der Waals surface area contributed by atoms with E-state index in [-0.39, 0.29) is 11.9 Å². The van der Waals surface area contributed by atoms with Gasteiger partial charge in [0.2, 0.25) is 0 Å². The van der Waals surface area contributed by atoms with E-state index >= 15 is 0 Å². The maximum absolute atomic E-state index is 12.5. The Hall–Kier alpha value is -2.28. The summed E-state index contributed by atoms with van der Waals surface area (Å²) in [5.41, 5.74) is 1.38. The Labute approximate surface area is 142 Å². The molecule has 0 radical (unpaired) electrons. The van der Waals surface area contributed by atoms with Crippen LogP contribution in [0.4, 0.5) is 0 Å². The SMILES string of the molecule is CC1CCCN(CC(C)NC(=O)c2cccc(-n3cnnn3)c2)C1. The summed E-state index contributed by atoms with van der Waals surface area (Å²) in [5.74, 6) is 0.678. The van der Waals surface area contributed by atoms with Crippen LogP contribution in [0.25, 0.3) is 5.69 Å². The van der Waals surface area contributed by atoms with E-state index in [1.54, 1.807) is 12.1 Å².